The molecular weight excluding hydrogens is 262 g/mol. The van der Waals surface area contributed by atoms with Crippen molar-refractivity contribution >= 4 is 5.91 Å². The molecule has 1 N–H and O–H groups in total. The van der Waals surface area contributed by atoms with Crippen LogP contribution in [-0.2, 0) is 4.79 Å². The quantitative estimate of drug-likeness (QED) is 0.747. The molecule has 4 heteroatoms. The summed E-state index contributed by atoms with van der Waals surface area (Å²) in [6.07, 6.45) is 7.16. The van der Waals surface area contributed by atoms with Gasteiger partial charge in [0.1, 0.15) is 0 Å². The number of carbonyl (C=O) groups excluding carboxylic acids is 1. The lowest BCUT2D eigenvalue weighted by Crippen LogP contribution is -2.40. The second kappa shape index (κ2) is 8.14. The SMILES string of the molecule is CCCC1NC(CC(C)C)N(CCCN2CCCC2)C1=O. The number of likely N-dealkylation sites (tertiary alicyclic amines) is 1. The van der Waals surface area contributed by atoms with Crippen LogP contribution in [0.3, 0.4) is 0 Å². The molecule has 21 heavy (non-hydrogen) atoms. The second-order valence-corrected chi connectivity index (χ2v) is 7.09. The highest BCUT2D eigenvalue weighted by molar-refractivity contribution is 5.84. The Hall–Kier alpha value is -0.610. The Morgan fingerprint density at radius 1 is 1.24 bits per heavy atom. The van der Waals surface area contributed by atoms with Gasteiger partial charge in [0.2, 0.25) is 5.91 Å². The van der Waals surface area contributed by atoms with Crippen molar-refractivity contribution in [3.63, 3.8) is 0 Å². The van der Waals surface area contributed by atoms with Crippen LogP contribution in [0.25, 0.3) is 0 Å². The Bertz CT molecular complexity index is 326. The maximum atomic E-state index is 12.6. The van der Waals surface area contributed by atoms with E-state index >= 15 is 0 Å². The minimum Gasteiger partial charge on any atom is -0.326 e. The van der Waals surface area contributed by atoms with Crippen LogP contribution in [0.15, 0.2) is 0 Å². The molecule has 1 amide bonds. The number of carbonyl (C=O) groups is 1. The predicted molar refractivity (Wildman–Crippen MR) is 87.1 cm³/mol. The van der Waals surface area contributed by atoms with Gasteiger partial charge in [0.05, 0.1) is 12.2 Å². The number of amides is 1. The first-order valence-corrected chi connectivity index (χ1v) is 8.90. The fraction of sp³-hybridized carbons (Fsp3) is 0.941. The minimum absolute atomic E-state index is 0.0607. The van der Waals surface area contributed by atoms with Crippen molar-refractivity contribution in [1.29, 1.82) is 0 Å². The summed E-state index contributed by atoms with van der Waals surface area (Å²) in [5.74, 6) is 0.959. The van der Waals surface area contributed by atoms with Crippen molar-refractivity contribution in [2.75, 3.05) is 26.2 Å². The summed E-state index contributed by atoms with van der Waals surface area (Å²) >= 11 is 0. The highest BCUT2D eigenvalue weighted by Gasteiger charge is 2.37. The molecule has 0 bridgehead atoms. The van der Waals surface area contributed by atoms with E-state index < -0.39 is 0 Å². The molecule has 2 aliphatic rings. The van der Waals surface area contributed by atoms with E-state index in [9.17, 15) is 4.79 Å². The Morgan fingerprint density at radius 3 is 2.57 bits per heavy atom. The van der Waals surface area contributed by atoms with Crippen molar-refractivity contribution in [1.82, 2.24) is 15.1 Å². The van der Waals surface area contributed by atoms with Crippen LogP contribution in [0.5, 0.6) is 0 Å². The molecule has 2 fully saturated rings. The minimum atomic E-state index is 0.0607. The zero-order valence-corrected chi connectivity index (χ0v) is 14.1. The predicted octanol–water partition coefficient (Wildman–Crippen LogP) is 2.45. The maximum Gasteiger partial charge on any atom is 0.241 e. The zero-order chi connectivity index (χ0) is 15.2. The maximum absolute atomic E-state index is 12.6. The van der Waals surface area contributed by atoms with Gasteiger partial charge in [-0.25, -0.2) is 0 Å². The molecule has 0 aromatic carbocycles. The van der Waals surface area contributed by atoms with E-state index in [1.54, 1.807) is 0 Å². The third kappa shape index (κ3) is 4.68. The van der Waals surface area contributed by atoms with Crippen molar-refractivity contribution < 1.29 is 4.79 Å². The van der Waals surface area contributed by atoms with E-state index in [2.05, 4.69) is 35.9 Å². The van der Waals surface area contributed by atoms with E-state index in [4.69, 9.17) is 0 Å². The van der Waals surface area contributed by atoms with Gasteiger partial charge in [-0.1, -0.05) is 27.2 Å². The molecule has 0 aromatic heterocycles. The normalized spacial score (nSPS) is 27.2. The molecular formula is C17H33N3O. The molecule has 2 atom stereocenters. The van der Waals surface area contributed by atoms with E-state index in [0.29, 0.717) is 11.8 Å². The van der Waals surface area contributed by atoms with Gasteiger partial charge in [-0.3, -0.25) is 10.1 Å². The van der Waals surface area contributed by atoms with Gasteiger partial charge < -0.3 is 9.80 Å². The Morgan fingerprint density at radius 2 is 1.95 bits per heavy atom. The molecule has 0 aliphatic carbocycles. The first-order valence-electron chi connectivity index (χ1n) is 8.90. The second-order valence-electron chi connectivity index (χ2n) is 7.09. The molecule has 122 valence electrons. The molecule has 2 unspecified atom stereocenters. The lowest BCUT2D eigenvalue weighted by atomic mass is 10.1. The van der Waals surface area contributed by atoms with Crippen LogP contribution in [0.2, 0.25) is 0 Å². The van der Waals surface area contributed by atoms with E-state index in [0.717, 1.165) is 38.8 Å². The third-order valence-corrected chi connectivity index (χ3v) is 4.70. The molecule has 0 aromatic rings. The first-order chi connectivity index (χ1) is 10.1. The third-order valence-electron chi connectivity index (χ3n) is 4.70. The van der Waals surface area contributed by atoms with E-state index in [1.165, 1.54) is 25.9 Å². The molecule has 2 aliphatic heterocycles. The summed E-state index contributed by atoms with van der Waals surface area (Å²) in [6.45, 7) is 11.2. The fourth-order valence-electron chi connectivity index (χ4n) is 3.62. The van der Waals surface area contributed by atoms with Gasteiger partial charge in [-0.05, 0) is 57.7 Å². The average molecular weight is 295 g/mol. The summed E-state index contributed by atoms with van der Waals surface area (Å²) in [5, 5.41) is 3.56. The largest absolute Gasteiger partial charge is 0.326 e. The van der Waals surface area contributed by atoms with Crippen LogP contribution >= 0.6 is 0 Å². The van der Waals surface area contributed by atoms with Gasteiger partial charge in [-0.15, -0.1) is 0 Å². The van der Waals surface area contributed by atoms with Crippen LogP contribution in [0.1, 0.15) is 59.3 Å². The van der Waals surface area contributed by atoms with Gasteiger partial charge in [0, 0.05) is 6.54 Å². The molecule has 0 spiro atoms. The fourth-order valence-corrected chi connectivity index (χ4v) is 3.62. The number of rotatable bonds is 8. The molecule has 0 saturated carbocycles. The Labute approximate surface area is 130 Å². The topological polar surface area (TPSA) is 35.6 Å². The number of nitrogens with zero attached hydrogens (tertiary/aromatic N) is 2. The summed E-state index contributed by atoms with van der Waals surface area (Å²) < 4.78 is 0. The smallest absolute Gasteiger partial charge is 0.241 e. The molecule has 2 saturated heterocycles. The van der Waals surface area contributed by atoms with Crippen molar-refractivity contribution in [2.24, 2.45) is 5.92 Å². The Balaban J connectivity index is 1.84. The van der Waals surface area contributed by atoms with Crippen LogP contribution in [0, 0.1) is 5.92 Å². The Kier molecular flexibility index (Phi) is 6.49. The van der Waals surface area contributed by atoms with Crippen molar-refractivity contribution in [3.8, 4) is 0 Å². The number of hydrogen-bond donors (Lipinski definition) is 1. The van der Waals surface area contributed by atoms with Gasteiger partial charge in [0.15, 0.2) is 0 Å². The molecule has 0 radical (unpaired) electrons. The summed E-state index contributed by atoms with van der Waals surface area (Å²) in [6, 6.07) is 0.0607. The number of hydrogen-bond acceptors (Lipinski definition) is 3. The zero-order valence-electron chi connectivity index (χ0n) is 14.1. The van der Waals surface area contributed by atoms with Crippen LogP contribution < -0.4 is 5.32 Å². The molecule has 4 nitrogen and oxygen atoms in total. The molecule has 2 heterocycles. The van der Waals surface area contributed by atoms with Gasteiger partial charge >= 0.3 is 0 Å². The van der Waals surface area contributed by atoms with Crippen molar-refractivity contribution in [3.05, 3.63) is 0 Å². The van der Waals surface area contributed by atoms with E-state index in [-0.39, 0.29) is 12.2 Å². The van der Waals surface area contributed by atoms with Gasteiger partial charge in [0.25, 0.3) is 0 Å². The average Bonchev–Trinajstić information content (AvgIpc) is 3.02. The lowest BCUT2D eigenvalue weighted by Gasteiger charge is -2.26. The van der Waals surface area contributed by atoms with Crippen LogP contribution in [0.4, 0.5) is 0 Å². The monoisotopic (exact) mass is 295 g/mol. The number of nitrogens with one attached hydrogen (secondary N) is 1. The van der Waals surface area contributed by atoms with Crippen molar-refractivity contribution in [2.45, 2.75) is 71.5 Å². The van der Waals surface area contributed by atoms with Gasteiger partial charge in [-0.2, -0.15) is 0 Å². The standard InChI is InChI=1S/C17H33N3O/c1-4-8-15-17(21)20(16(18-15)13-14(2)3)12-7-11-19-9-5-6-10-19/h14-16,18H,4-13H2,1-3H3. The molecule has 2 rings (SSSR count). The lowest BCUT2D eigenvalue weighted by molar-refractivity contribution is -0.130. The van der Waals surface area contributed by atoms with Crippen LogP contribution in [-0.4, -0.2) is 54.1 Å². The highest BCUT2D eigenvalue weighted by Crippen LogP contribution is 2.20. The first kappa shape index (κ1) is 16.8. The summed E-state index contributed by atoms with van der Waals surface area (Å²) in [4.78, 5) is 17.2. The van der Waals surface area contributed by atoms with E-state index in [1.807, 2.05) is 0 Å². The summed E-state index contributed by atoms with van der Waals surface area (Å²) in [7, 11) is 0. The highest BCUT2D eigenvalue weighted by atomic mass is 16.2. The summed E-state index contributed by atoms with van der Waals surface area (Å²) in [5.41, 5.74) is 0.